The first-order valence-corrected chi connectivity index (χ1v) is 9.32. The zero-order valence-electron chi connectivity index (χ0n) is 16.3. The number of hydrogen-bond acceptors (Lipinski definition) is 5. The van der Waals surface area contributed by atoms with E-state index in [-0.39, 0.29) is 48.8 Å². The summed E-state index contributed by atoms with van der Waals surface area (Å²) in [5.41, 5.74) is 6.21. The molecule has 9 heteroatoms. The zero-order valence-corrected chi connectivity index (χ0v) is 17.1. The van der Waals surface area contributed by atoms with Gasteiger partial charge in [0.2, 0.25) is 11.8 Å². The molecule has 3 atom stereocenters. The van der Waals surface area contributed by atoms with Gasteiger partial charge in [-0.05, 0) is 44.7 Å². The first-order valence-electron chi connectivity index (χ1n) is 9.32. The molecule has 3 amide bonds. The molecule has 1 aliphatic rings. The van der Waals surface area contributed by atoms with Gasteiger partial charge in [0.15, 0.2) is 0 Å². The first-order chi connectivity index (χ1) is 12.9. The van der Waals surface area contributed by atoms with Crippen molar-refractivity contribution < 1.29 is 19.1 Å². The molecular weight excluding hydrogens is 384 g/mol. The summed E-state index contributed by atoms with van der Waals surface area (Å²) in [4.78, 5) is 39.9. The lowest BCUT2D eigenvalue weighted by Gasteiger charge is -2.35. The number of aryl methyl sites for hydroxylation is 1. The minimum atomic E-state index is -0.575. The zero-order chi connectivity index (χ0) is 19.8. The Labute approximate surface area is 171 Å². The third-order valence-corrected chi connectivity index (χ3v) is 4.57. The van der Waals surface area contributed by atoms with Crippen molar-refractivity contribution in [3.05, 3.63) is 29.6 Å². The Morgan fingerprint density at radius 3 is 2.68 bits per heavy atom. The molecule has 4 N–H and O–H groups in total. The number of carbonyl (C=O) groups excluding carboxylic acids is 3. The molecule has 1 saturated carbocycles. The van der Waals surface area contributed by atoms with E-state index < -0.39 is 5.91 Å². The van der Waals surface area contributed by atoms with Crippen LogP contribution in [0.4, 0.5) is 0 Å². The van der Waals surface area contributed by atoms with Crippen molar-refractivity contribution in [2.75, 3.05) is 13.2 Å². The van der Waals surface area contributed by atoms with Gasteiger partial charge in [-0.1, -0.05) is 13.0 Å². The van der Waals surface area contributed by atoms with E-state index in [9.17, 15) is 14.4 Å². The van der Waals surface area contributed by atoms with Gasteiger partial charge in [-0.2, -0.15) is 0 Å². The highest BCUT2D eigenvalue weighted by Crippen LogP contribution is 2.27. The molecule has 156 valence electrons. The predicted molar refractivity (Wildman–Crippen MR) is 107 cm³/mol. The van der Waals surface area contributed by atoms with Crippen molar-refractivity contribution >= 4 is 30.1 Å². The van der Waals surface area contributed by atoms with Gasteiger partial charge in [0.25, 0.3) is 5.91 Å². The van der Waals surface area contributed by atoms with Gasteiger partial charge in [0.1, 0.15) is 5.69 Å². The maximum Gasteiger partial charge on any atom is 0.270 e. The quantitative estimate of drug-likeness (QED) is 0.590. The number of halogens is 1. The van der Waals surface area contributed by atoms with Gasteiger partial charge in [0, 0.05) is 18.2 Å². The van der Waals surface area contributed by atoms with Crippen molar-refractivity contribution in [1.29, 1.82) is 0 Å². The molecule has 0 saturated heterocycles. The van der Waals surface area contributed by atoms with E-state index in [0.29, 0.717) is 31.6 Å². The van der Waals surface area contributed by atoms with Crippen LogP contribution in [0.3, 0.4) is 0 Å². The van der Waals surface area contributed by atoms with Crippen LogP contribution in [0.25, 0.3) is 0 Å². The smallest absolute Gasteiger partial charge is 0.270 e. The number of nitrogens with zero attached hydrogens (tertiary/aromatic N) is 1. The number of nitrogens with one attached hydrogen (secondary N) is 2. The van der Waals surface area contributed by atoms with Gasteiger partial charge in [-0.15, -0.1) is 12.4 Å². The normalized spacial score (nSPS) is 21.3. The molecule has 1 aliphatic carbocycles. The molecule has 0 spiro atoms. The van der Waals surface area contributed by atoms with E-state index in [1.807, 2.05) is 19.9 Å². The third-order valence-electron chi connectivity index (χ3n) is 4.57. The monoisotopic (exact) mass is 412 g/mol. The van der Waals surface area contributed by atoms with Crippen LogP contribution in [-0.2, 0) is 14.3 Å². The molecule has 1 fully saturated rings. The number of carbonyl (C=O) groups is 3. The summed E-state index contributed by atoms with van der Waals surface area (Å²) in [7, 11) is 0. The van der Waals surface area contributed by atoms with Crippen LogP contribution in [0.2, 0.25) is 0 Å². The van der Waals surface area contributed by atoms with E-state index in [1.54, 1.807) is 12.1 Å². The number of rotatable bonds is 8. The molecule has 0 radical (unpaired) electrons. The fourth-order valence-corrected chi connectivity index (χ4v) is 3.22. The maximum absolute atomic E-state index is 12.5. The molecule has 0 bridgehead atoms. The lowest BCUT2D eigenvalue weighted by atomic mass is 9.83. The molecule has 0 aliphatic heterocycles. The standard InChI is InChI=1S/C19H28N4O4.ClH/c1-3-9-27-16-10-13(18(25)21-11-17(20)24)7-8-14(16)23-19(26)15-6-4-5-12(2)22-15;/h4-6,13-14,16H,3,7-11H2,1-2H3,(H2,20,24)(H,21,25)(H,23,26);1H/t13-,14+,16+;/m0./s1. The average Bonchev–Trinajstić information content (AvgIpc) is 2.65. The molecular formula is C19H29ClN4O4. The Bertz CT molecular complexity index is 686. The summed E-state index contributed by atoms with van der Waals surface area (Å²) in [6, 6.07) is 5.11. The van der Waals surface area contributed by atoms with Crippen LogP contribution >= 0.6 is 12.4 Å². The molecule has 2 rings (SSSR count). The molecule has 1 aromatic rings. The second-order valence-corrected chi connectivity index (χ2v) is 6.85. The SMILES string of the molecule is CCCO[C@@H]1C[C@@H](C(=O)NCC(N)=O)CC[C@H]1NC(=O)c1cccc(C)n1.Cl. The van der Waals surface area contributed by atoms with E-state index in [0.717, 1.165) is 12.1 Å². The number of ether oxygens (including phenoxy) is 1. The Morgan fingerprint density at radius 1 is 1.29 bits per heavy atom. The number of aromatic nitrogens is 1. The van der Waals surface area contributed by atoms with Gasteiger partial charge < -0.3 is 21.1 Å². The summed E-state index contributed by atoms with van der Waals surface area (Å²) >= 11 is 0. The summed E-state index contributed by atoms with van der Waals surface area (Å²) in [5.74, 6) is -1.29. The molecule has 0 unspecified atom stereocenters. The van der Waals surface area contributed by atoms with Gasteiger partial charge in [0.05, 0.1) is 18.7 Å². The van der Waals surface area contributed by atoms with Crippen molar-refractivity contribution in [2.24, 2.45) is 11.7 Å². The maximum atomic E-state index is 12.5. The van der Waals surface area contributed by atoms with Crippen LogP contribution in [0.1, 0.15) is 48.8 Å². The second-order valence-electron chi connectivity index (χ2n) is 6.85. The van der Waals surface area contributed by atoms with E-state index in [4.69, 9.17) is 10.5 Å². The average molecular weight is 413 g/mol. The molecule has 0 aromatic carbocycles. The summed E-state index contributed by atoms with van der Waals surface area (Å²) in [6.45, 7) is 4.22. The summed E-state index contributed by atoms with van der Waals surface area (Å²) in [5, 5.41) is 5.55. The van der Waals surface area contributed by atoms with Crippen LogP contribution in [0, 0.1) is 12.8 Å². The van der Waals surface area contributed by atoms with Crippen molar-refractivity contribution in [1.82, 2.24) is 15.6 Å². The van der Waals surface area contributed by atoms with Gasteiger partial charge in [-0.3, -0.25) is 14.4 Å². The van der Waals surface area contributed by atoms with E-state index in [2.05, 4.69) is 15.6 Å². The first kappa shape index (κ1) is 23.8. The lowest BCUT2D eigenvalue weighted by Crippen LogP contribution is -2.50. The highest BCUT2D eigenvalue weighted by Gasteiger charge is 2.35. The highest BCUT2D eigenvalue weighted by molar-refractivity contribution is 5.92. The van der Waals surface area contributed by atoms with Crippen LogP contribution in [0.5, 0.6) is 0 Å². The molecule has 28 heavy (non-hydrogen) atoms. The largest absolute Gasteiger partial charge is 0.376 e. The topological polar surface area (TPSA) is 123 Å². The van der Waals surface area contributed by atoms with Crippen molar-refractivity contribution in [3.8, 4) is 0 Å². The summed E-state index contributed by atoms with van der Waals surface area (Å²) in [6.07, 6.45) is 2.27. The van der Waals surface area contributed by atoms with Crippen LogP contribution in [-0.4, -0.2) is 48.0 Å². The minimum absolute atomic E-state index is 0. The Balaban J connectivity index is 0.00000392. The van der Waals surface area contributed by atoms with Crippen LogP contribution in [0.15, 0.2) is 18.2 Å². The minimum Gasteiger partial charge on any atom is -0.376 e. The van der Waals surface area contributed by atoms with E-state index in [1.165, 1.54) is 0 Å². The number of hydrogen-bond donors (Lipinski definition) is 3. The second kappa shape index (κ2) is 11.6. The number of amides is 3. The molecule has 1 heterocycles. The van der Waals surface area contributed by atoms with Gasteiger partial charge in [-0.25, -0.2) is 4.98 Å². The van der Waals surface area contributed by atoms with Crippen LogP contribution < -0.4 is 16.4 Å². The van der Waals surface area contributed by atoms with Crippen molar-refractivity contribution in [3.63, 3.8) is 0 Å². The summed E-state index contributed by atoms with van der Waals surface area (Å²) < 4.78 is 5.90. The lowest BCUT2D eigenvalue weighted by molar-refractivity contribution is -0.130. The van der Waals surface area contributed by atoms with Crippen molar-refractivity contribution in [2.45, 2.75) is 51.7 Å². The fraction of sp³-hybridized carbons (Fsp3) is 0.579. The Hall–Kier alpha value is -2.19. The Morgan fingerprint density at radius 2 is 2.04 bits per heavy atom. The number of primary amides is 1. The molecule has 1 aromatic heterocycles. The fourth-order valence-electron chi connectivity index (χ4n) is 3.22. The number of pyridine rings is 1. The van der Waals surface area contributed by atoms with E-state index >= 15 is 0 Å². The van der Waals surface area contributed by atoms with Gasteiger partial charge >= 0.3 is 0 Å². The highest BCUT2D eigenvalue weighted by atomic mass is 35.5. The number of nitrogens with two attached hydrogens (primary N) is 1. The predicted octanol–water partition coefficient (Wildman–Crippen LogP) is 1.11. The Kier molecular flexibility index (Phi) is 9.89. The third kappa shape index (κ3) is 7.09. The molecule has 8 nitrogen and oxygen atoms in total.